The highest BCUT2D eigenvalue weighted by Gasteiger charge is 2.30. The first-order chi connectivity index (χ1) is 14.8. The van der Waals surface area contributed by atoms with Crippen LogP contribution in [0.3, 0.4) is 0 Å². The summed E-state index contributed by atoms with van der Waals surface area (Å²) >= 11 is 0. The van der Waals surface area contributed by atoms with Crippen LogP contribution >= 0.6 is 0 Å². The van der Waals surface area contributed by atoms with Crippen molar-refractivity contribution in [2.75, 3.05) is 31.6 Å². The van der Waals surface area contributed by atoms with Crippen LogP contribution in [0.1, 0.15) is 25.7 Å². The van der Waals surface area contributed by atoms with Gasteiger partial charge in [0.25, 0.3) is 0 Å². The molecule has 0 radical (unpaired) electrons. The Kier molecular flexibility index (Phi) is 5.56. The van der Waals surface area contributed by atoms with Crippen molar-refractivity contribution in [1.82, 2.24) is 9.88 Å². The lowest BCUT2D eigenvalue weighted by molar-refractivity contribution is -0.122. The van der Waals surface area contributed by atoms with E-state index in [4.69, 9.17) is 4.74 Å². The Labute approximate surface area is 177 Å². The Morgan fingerprint density at radius 1 is 1.03 bits per heavy atom. The molecule has 1 amide bonds. The van der Waals surface area contributed by atoms with E-state index in [-0.39, 0.29) is 11.8 Å². The molecule has 5 rings (SSSR count). The second-order valence-corrected chi connectivity index (χ2v) is 8.52. The molecule has 0 unspecified atom stereocenters. The largest absolute Gasteiger partial charge is 0.381 e. The van der Waals surface area contributed by atoms with E-state index in [0.717, 1.165) is 74.4 Å². The van der Waals surface area contributed by atoms with Crippen LogP contribution in [0, 0.1) is 5.92 Å². The Hall–Kier alpha value is -2.63. The van der Waals surface area contributed by atoms with Crippen molar-refractivity contribution < 1.29 is 9.53 Å². The van der Waals surface area contributed by atoms with E-state index >= 15 is 0 Å². The molecule has 3 heterocycles. The Morgan fingerprint density at radius 3 is 2.77 bits per heavy atom. The van der Waals surface area contributed by atoms with E-state index in [2.05, 4.69) is 45.5 Å². The predicted molar refractivity (Wildman–Crippen MR) is 121 cm³/mol. The molecule has 1 atom stereocenters. The van der Waals surface area contributed by atoms with E-state index in [1.54, 1.807) is 0 Å². The molecule has 0 spiro atoms. The van der Waals surface area contributed by atoms with Crippen molar-refractivity contribution in [2.24, 2.45) is 5.92 Å². The van der Waals surface area contributed by atoms with Gasteiger partial charge in [0.15, 0.2) is 0 Å². The maximum Gasteiger partial charge on any atom is 0.228 e. The summed E-state index contributed by atoms with van der Waals surface area (Å²) in [5.74, 6) is 0.193. The molecule has 1 aromatic heterocycles. The summed E-state index contributed by atoms with van der Waals surface area (Å²) in [6.07, 6.45) is 4.22. The van der Waals surface area contributed by atoms with Crippen molar-refractivity contribution in [3.63, 3.8) is 0 Å². The number of aromatic nitrogens is 1. The number of H-pyrrole nitrogens is 1. The molecule has 2 aliphatic rings. The molecular formula is C25H29N3O2. The summed E-state index contributed by atoms with van der Waals surface area (Å²) < 4.78 is 5.50. The van der Waals surface area contributed by atoms with Crippen LogP contribution in [0.4, 0.5) is 5.69 Å². The number of ether oxygens (including phenoxy) is 1. The highest BCUT2D eigenvalue weighted by molar-refractivity contribution is 5.94. The molecule has 5 heteroatoms. The summed E-state index contributed by atoms with van der Waals surface area (Å²) in [7, 11) is 0. The van der Waals surface area contributed by atoms with Crippen molar-refractivity contribution in [1.29, 1.82) is 0 Å². The predicted octanol–water partition coefficient (Wildman–Crippen LogP) is 4.66. The molecule has 2 fully saturated rings. The molecule has 2 aromatic carbocycles. The first-order valence-corrected chi connectivity index (χ1v) is 11.1. The number of para-hydroxylation sites is 1. The Balaban J connectivity index is 1.27. The SMILES string of the molecule is O=C(Nc1cccc(-c2cc3ccccc3[nH]2)c1)[C@H]1CCCN(C2CCOCC2)C1. The van der Waals surface area contributed by atoms with Gasteiger partial charge in [0.1, 0.15) is 0 Å². The van der Waals surface area contributed by atoms with Crippen molar-refractivity contribution in [3.8, 4) is 11.3 Å². The zero-order chi connectivity index (χ0) is 20.3. The molecule has 0 bridgehead atoms. The summed E-state index contributed by atoms with van der Waals surface area (Å²) in [6, 6.07) is 19.1. The first kappa shape index (κ1) is 19.3. The molecule has 2 N–H and O–H groups in total. The van der Waals surface area contributed by atoms with Gasteiger partial charge < -0.3 is 15.0 Å². The zero-order valence-corrected chi connectivity index (χ0v) is 17.3. The minimum atomic E-state index is 0.0540. The number of hydrogen-bond donors (Lipinski definition) is 2. The van der Waals surface area contributed by atoms with Gasteiger partial charge in [0, 0.05) is 53.6 Å². The normalized spacial score (nSPS) is 21.0. The third-order valence-electron chi connectivity index (χ3n) is 6.50. The van der Waals surface area contributed by atoms with Crippen LogP contribution in [0.25, 0.3) is 22.2 Å². The quantitative estimate of drug-likeness (QED) is 0.666. The third kappa shape index (κ3) is 4.13. The molecule has 30 heavy (non-hydrogen) atoms. The van der Waals surface area contributed by atoms with Gasteiger partial charge in [-0.05, 0) is 56.5 Å². The van der Waals surface area contributed by atoms with Gasteiger partial charge in [-0.25, -0.2) is 0 Å². The number of fused-ring (bicyclic) bond motifs is 1. The fourth-order valence-electron chi connectivity index (χ4n) is 4.84. The average molecular weight is 404 g/mol. The van der Waals surface area contributed by atoms with Crippen LogP contribution in [-0.4, -0.2) is 48.1 Å². The number of anilines is 1. The van der Waals surface area contributed by atoms with Gasteiger partial charge in [-0.3, -0.25) is 9.69 Å². The average Bonchev–Trinajstić information content (AvgIpc) is 3.24. The number of nitrogens with one attached hydrogen (secondary N) is 2. The van der Waals surface area contributed by atoms with Gasteiger partial charge in [-0.15, -0.1) is 0 Å². The van der Waals surface area contributed by atoms with Crippen molar-refractivity contribution >= 4 is 22.5 Å². The fourth-order valence-corrected chi connectivity index (χ4v) is 4.84. The van der Waals surface area contributed by atoms with Gasteiger partial charge in [-0.2, -0.15) is 0 Å². The Bertz CT molecular complexity index is 989. The summed E-state index contributed by atoms with van der Waals surface area (Å²) in [6.45, 7) is 3.65. The molecular weight excluding hydrogens is 374 g/mol. The number of piperidine rings is 1. The Morgan fingerprint density at radius 2 is 1.90 bits per heavy atom. The number of hydrogen-bond acceptors (Lipinski definition) is 3. The molecule has 2 aliphatic heterocycles. The number of carbonyl (C=O) groups is 1. The molecule has 156 valence electrons. The summed E-state index contributed by atoms with van der Waals surface area (Å²) in [4.78, 5) is 19.0. The van der Waals surface area contributed by atoms with E-state index in [0.29, 0.717) is 6.04 Å². The fraction of sp³-hybridized carbons (Fsp3) is 0.400. The summed E-state index contributed by atoms with van der Waals surface area (Å²) in [5, 5.41) is 4.37. The first-order valence-electron chi connectivity index (χ1n) is 11.1. The topological polar surface area (TPSA) is 57.4 Å². The van der Waals surface area contributed by atoms with Gasteiger partial charge >= 0.3 is 0 Å². The maximum atomic E-state index is 13.0. The number of benzene rings is 2. The van der Waals surface area contributed by atoms with E-state index in [1.807, 2.05) is 24.3 Å². The van der Waals surface area contributed by atoms with Gasteiger partial charge in [0.2, 0.25) is 5.91 Å². The number of amides is 1. The van der Waals surface area contributed by atoms with Crippen molar-refractivity contribution in [2.45, 2.75) is 31.7 Å². The highest BCUT2D eigenvalue weighted by Crippen LogP contribution is 2.27. The lowest BCUT2D eigenvalue weighted by atomic mass is 9.94. The lowest BCUT2D eigenvalue weighted by Crippen LogP contribution is -2.47. The van der Waals surface area contributed by atoms with Crippen LogP contribution in [0.5, 0.6) is 0 Å². The second-order valence-electron chi connectivity index (χ2n) is 8.52. The minimum absolute atomic E-state index is 0.0540. The van der Waals surface area contributed by atoms with E-state index < -0.39 is 0 Å². The number of aromatic amines is 1. The van der Waals surface area contributed by atoms with Gasteiger partial charge in [0.05, 0.1) is 5.92 Å². The number of nitrogens with zero attached hydrogens (tertiary/aromatic N) is 1. The van der Waals surface area contributed by atoms with Crippen molar-refractivity contribution in [3.05, 3.63) is 54.6 Å². The zero-order valence-electron chi connectivity index (χ0n) is 17.3. The molecule has 2 saturated heterocycles. The molecule has 3 aromatic rings. The van der Waals surface area contributed by atoms with Crippen LogP contribution in [0.15, 0.2) is 54.6 Å². The standard InChI is InChI=1S/C25H29N3O2/c29-25(20-7-4-12-28(17-20)22-10-13-30-14-11-22)26-21-8-3-6-18(15-21)24-16-19-5-1-2-9-23(19)27-24/h1-3,5-6,8-9,15-16,20,22,27H,4,7,10-14,17H2,(H,26,29)/t20-/m0/s1. The maximum absolute atomic E-state index is 13.0. The second kappa shape index (κ2) is 8.62. The van der Waals surface area contributed by atoms with Crippen LogP contribution in [0.2, 0.25) is 0 Å². The van der Waals surface area contributed by atoms with E-state index in [1.165, 1.54) is 5.39 Å². The lowest BCUT2D eigenvalue weighted by Gasteiger charge is -2.39. The van der Waals surface area contributed by atoms with Gasteiger partial charge in [-0.1, -0.05) is 30.3 Å². The minimum Gasteiger partial charge on any atom is -0.381 e. The number of carbonyl (C=O) groups excluding carboxylic acids is 1. The monoisotopic (exact) mass is 403 g/mol. The van der Waals surface area contributed by atoms with Crippen LogP contribution < -0.4 is 5.32 Å². The summed E-state index contributed by atoms with van der Waals surface area (Å²) in [5.41, 5.74) is 4.13. The molecule has 0 aliphatic carbocycles. The van der Waals surface area contributed by atoms with Crippen LogP contribution in [-0.2, 0) is 9.53 Å². The number of rotatable bonds is 4. The van der Waals surface area contributed by atoms with E-state index in [9.17, 15) is 4.79 Å². The molecule has 5 nitrogen and oxygen atoms in total. The third-order valence-corrected chi connectivity index (χ3v) is 6.50. The number of likely N-dealkylation sites (tertiary alicyclic amines) is 1. The highest BCUT2D eigenvalue weighted by atomic mass is 16.5. The smallest absolute Gasteiger partial charge is 0.228 e. The molecule has 0 saturated carbocycles.